The van der Waals surface area contributed by atoms with E-state index in [0.29, 0.717) is 5.69 Å². The first-order valence-electron chi connectivity index (χ1n) is 9.19. The quantitative estimate of drug-likeness (QED) is 0.789. The number of carbonyl (C=O) groups is 2. The normalized spacial score (nSPS) is 15.1. The van der Waals surface area contributed by atoms with Crippen LogP contribution in [0, 0.1) is 0 Å². The number of amides is 1. The maximum absolute atomic E-state index is 12.3. The van der Waals surface area contributed by atoms with Crippen molar-refractivity contribution in [3.63, 3.8) is 0 Å². The zero-order valence-electron chi connectivity index (χ0n) is 15.4. The maximum Gasteiger partial charge on any atom is 0.342 e. The summed E-state index contributed by atoms with van der Waals surface area (Å²) < 4.78 is 5.15. The summed E-state index contributed by atoms with van der Waals surface area (Å²) in [6, 6.07) is 13.7. The van der Waals surface area contributed by atoms with Crippen molar-refractivity contribution >= 4 is 23.3 Å². The van der Waals surface area contributed by atoms with E-state index < -0.39 is 18.0 Å². The molecule has 0 aliphatic carbocycles. The summed E-state index contributed by atoms with van der Waals surface area (Å²) in [7, 11) is 0. The average Bonchev–Trinajstić information content (AvgIpc) is 2.69. The zero-order valence-corrected chi connectivity index (χ0v) is 15.4. The summed E-state index contributed by atoms with van der Waals surface area (Å²) in [5, 5.41) is 12.4. The first-order valence-corrected chi connectivity index (χ1v) is 9.19. The van der Waals surface area contributed by atoms with E-state index in [2.05, 4.69) is 10.2 Å². The first kappa shape index (κ1) is 18.8. The van der Waals surface area contributed by atoms with Crippen LogP contribution >= 0.6 is 0 Å². The smallest absolute Gasteiger partial charge is 0.342 e. The predicted molar refractivity (Wildman–Crippen MR) is 104 cm³/mol. The van der Waals surface area contributed by atoms with Gasteiger partial charge in [-0.1, -0.05) is 12.1 Å². The van der Waals surface area contributed by atoms with Gasteiger partial charge in [0.25, 0.3) is 5.91 Å². The van der Waals surface area contributed by atoms with Gasteiger partial charge in [0, 0.05) is 24.5 Å². The number of nitrogens with one attached hydrogen (secondary N) is 1. The number of nitrogens with zero attached hydrogens (tertiary/aromatic N) is 1. The minimum Gasteiger partial charge on any atom is -0.507 e. The Morgan fingerprint density at radius 3 is 2.37 bits per heavy atom. The van der Waals surface area contributed by atoms with Crippen LogP contribution in [0.25, 0.3) is 0 Å². The summed E-state index contributed by atoms with van der Waals surface area (Å²) in [5.74, 6) is -1.34. The molecular weight excluding hydrogens is 344 g/mol. The van der Waals surface area contributed by atoms with Crippen LogP contribution in [0.3, 0.4) is 0 Å². The van der Waals surface area contributed by atoms with Gasteiger partial charge in [-0.3, -0.25) is 4.79 Å². The fraction of sp³-hybridized carbons (Fsp3) is 0.333. The lowest BCUT2D eigenvalue weighted by molar-refractivity contribution is -0.123. The number of piperidine rings is 1. The third-order valence-corrected chi connectivity index (χ3v) is 4.63. The molecule has 27 heavy (non-hydrogen) atoms. The lowest BCUT2D eigenvalue weighted by atomic mass is 10.1. The van der Waals surface area contributed by atoms with Crippen molar-refractivity contribution in [1.82, 2.24) is 0 Å². The molecule has 0 radical (unpaired) electrons. The van der Waals surface area contributed by atoms with Gasteiger partial charge in [0.2, 0.25) is 0 Å². The van der Waals surface area contributed by atoms with Crippen molar-refractivity contribution in [3.05, 3.63) is 54.1 Å². The monoisotopic (exact) mass is 368 g/mol. The van der Waals surface area contributed by atoms with Crippen LogP contribution in [0.15, 0.2) is 48.5 Å². The van der Waals surface area contributed by atoms with Crippen LogP contribution in [0.5, 0.6) is 5.75 Å². The van der Waals surface area contributed by atoms with Gasteiger partial charge in [0.15, 0.2) is 6.10 Å². The molecule has 1 aliphatic heterocycles. The van der Waals surface area contributed by atoms with Crippen molar-refractivity contribution in [3.8, 4) is 5.75 Å². The topological polar surface area (TPSA) is 78.9 Å². The van der Waals surface area contributed by atoms with Gasteiger partial charge in [-0.05, 0) is 62.6 Å². The highest BCUT2D eigenvalue weighted by molar-refractivity contribution is 5.98. The summed E-state index contributed by atoms with van der Waals surface area (Å²) in [5.41, 5.74) is 1.82. The second-order valence-electron chi connectivity index (χ2n) is 6.65. The summed E-state index contributed by atoms with van der Waals surface area (Å²) >= 11 is 0. The Morgan fingerprint density at radius 2 is 1.70 bits per heavy atom. The van der Waals surface area contributed by atoms with Gasteiger partial charge in [-0.15, -0.1) is 0 Å². The molecule has 0 bridgehead atoms. The van der Waals surface area contributed by atoms with E-state index in [1.54, 1.807) is 12.1 Å². The van der Waals surface area contributed by atoms with Crippen LogP contribution in [0.2, 0.25) is 0 Å². The molecule has 1 aliphatic rings. The second kappa shape index (κ2) is 8.58. The molecular formula is C21H24N2O4. The highest BCUT2D eigenvalue weighted by Crippen LogP contribution is 2.22. The van der Waals surface area contributed by atoms with Gasteiger partial charge in [0.1, 0.15) is 11.3 Å². The molecule has 1 saturated heterocycles. The fourth-order valence-corrected chi connectivity index (χ4v) is 3.08. The van der Waals surface area contributed by atoms with Gasteiger partial charge in [0.05, 0.1) is 0 Å². The van der Waals surface area contributed by atoms with E-state index in [1.165, 1.54) is 38.3 Å². The minimum absolute atomic E-state index is 0.0306. The number of phenolic OH excluding ortho intramolecular Hbond substituents is 1. The lowest BCUT2D eigenvalue weighted by Gasteiger charge is -2.28. The Balaban J connectivity index is 1.56. The number of phenols is 1. The van der Waals surface area contributed by atoms with Crippen LogP contribution < -0.4 is 10.2 Å². The molecule has 2 aromatic carbocycles. The van der Waals surface area contributed by atoms with Gasteiger partial charge >= 0.3 is 5.97 Å². The molecule has 3 rings (SSSR count). The van der Waals surface area contributed by atoms with E-state index in [9.17, 15) is 14.7 Å². The van der Waals surface area contributed by atoms with Crippen molar-refractivity contribution in [2.75, 3.05) is 23.3 Å². The first-order chi connectivity index (χ1) is 13.0. The molecule has 0 saturated carbocycles. The number of carbonyl (C=O) groups excluding carboxylic acids is 2. The van der Waals surface area contributed by atoms with E-state index in [-0.39, 0.29) is 11.3 Å². The van der Waals surface area contributed by atoms with Crippen LogP contribution in [-0.2, 0) is 9.53 Å². The molecule has 1 amide bonds. The average molecular weight is 368 g/mol. The highest BCUT2D eigenvalue weighted by atomic mass is 16.5. The van der Waals surface area contributed by atoms with Gasteiger partial charge < -0.3 is 20.1 Å². The summed E-state index contributed by atoms with van der Waals surface area (Å²) in [6.45, 7) is 3.62. The standard InChI is InChI=1S/C21H24N2O4/c1-15(27-21(26)18-7-3-4-8-19(18)24)20(25)22-16-9-11-17(12-10-16)23-13-5-2-6-14-23/h3-4,7-12,15,24H,2,5-6,13-14H2,1H3,(H,22,25)/t15-/m0/s1. The summed E-state index contributed by atoms with van der Waals surface area (Å²) in [4.78, 5) is 26.7. The van der Waals surface area contributed by atoms with Crippen molar-refractivity contribution in [1.29, 1.82) is 0 Å². The number of hydrogen-bond acceptors (Lipinski definition) is 5. The molecule has 6 nitrogen and oxygen atoms in total. The SMILES string of the molecule is C[C@H](OC(=O)c1ccccc1O)C(=O)Nc1ccc(N2CCCCC2)cc1. The number of rotatable bonds is 5. The van der Waals surface area contributed by atoms with E-state index >= 15 is 0 Å². The maximum atomic E-state index is 12.3. The van der Waals surface area contributed by atoms with Crippen molar-refractivity contribution in [2.45, 2.75) is 32.3 Å². The Labute approximate surface area is 158 Å². The van der Waals surface area contributed by atoms with Gasteiger partial charge in [-0.25, -0.2) is 4.79 Å². The number of anilines is 2. The van der Waals surface area contributed by atoms with Crippen molar-refractivity contribution < 1.29 is 19.4 Å². The molecule has 6 heteroatoms. The predicted octanol–water partition coefficient (Wildman–Crippen LogP) is 3.57. The Bertz CT molecular complexity index is 798. The number of aromatic hydroxyl groups is 1. The zero-order chi connectivity index (χ0) is 19.2. The molecule has 2 aromatic rings. The molecule has 2 N–H and O–H groups in total. The second-order valence-corrected chi connectivity index (χ2v) is 6.65. The molecule has 1 fully saturated rings. The molecule has 0 unspecified atom stereocenters. The van der Waals surface area contributed by atoms with Crippen LogP contribution in [0.4, 0.5) is 11.4 Å². The van der Waals surface area contributed by atoms with Gasteiger partial charge in [-0.2, -0.15) is 0 Å². The Hall–Kier alpha value is -3.02. The molecule has 1 atom stereocenters. The number of esters is 1. The molecule has 1 heterocycles. The highest BCUT2D eigenvalue weighted by Gasteiger charge is 2.21. The van der Waals surface area contributed by atoms with E-state index in [1.807, 2.05) is 24.3 Å². The number of para-hydroxylation sites is 1. The Kier molecular flexibility index (Phi) is 5.96. The lowest BCUT2D eigenvalue weighted by Crippen LogP contribution is -2.30. The fourth-order valence-electron chi connectivity index (χ4n) is 3.08. The van der Waals surface area contributed by atoms with E-state index in [0.717, 1.165) is 18.8 Å². The minimum atomic E-state index is -0.987. The van der Waals surface area contributed by atoms with Crippen LogP contribution in [0.1, 0.15) is 36.5 Å². The third kappa shape index (κ3) is 4.78. The molecule has 142 valence electrons. The largest absolute Gasteiger partial charge is 0.507 e. The number of hydrogen-bond donors (Lipinski definition) is 2. The van der Waals surface area contributed by atoms with E-state index in [4.69, 9.17) is 4.74 Å². The Morgan fingerprint density at radius 1 is 1.04 bits per heavy atom. The summed E-state index contributed by atoms with van der Waals surface area (Å²) in [6.07, 6.45) is 2.71. The molecule has 0 spiro atoms. The number of ether oxygens (including phenoxy) is 1. The van der Waals surface area contributed by atoms with Crippen molar-refractivity contribution in [2.24, 2.45) is 0 Å². The van der Waals surface area contributed by atoms with Crippen LogP contribution in [-0.4, -0.2) is 36.2 Å². The molecule has 0 aromatic heterocycles. The third-order valence-electron chi connectivity index (χ3n) is 4.63. The number of benzene rings is 2.